The van der Waals surface area contributed by atoms with Gasteiger partial charge in [-0.2, -0.15) is 8.42 Å². The van der Waals surface area contributed by atoms with Gasteiger partial charge in [0, 0.05) is 22.6 Å². The van der Waals surface area contributed by atoms with E-state index >= 15 is 0 Å². The summed E-state index contributed by atoms with van der Waals surface area (Å²) in [4.78, 5) is 27.7. The van der Waals surface area contributed by atoms with Gasteiger partial charge in [0.05, 0.1) is 4.90 Å². The summed E-state index contributed by atoms with van der Waals surface area (Å²) in [6.07, 6.45) is 4.59. The van der Waals surface area contributed by atoms with Crippen LogP contribution in [0.4, 0.5) is 5.69 Å². The number of sulfonamides is 1. The van der Waals surface area contributed by atoms with E-state index in [9.17, 15) is 18.0 Å². The molecule has 0 aromatic heterocycles. The molecule has 2 amide bonds. The molecule has 7 nitrogen and oxygen atoms in total. The van der Waals surface area contributed by atoms with Crippen molar-refractivity contribution in [2.75, 3.05) is 5.32 Å². The first-order valence-corrected chi connectivity index (χ1v) is 14.3. The van der Waals surface area contributed by atoms with Crippen LogP contribution in [0.3, 0.4) is 0 Å². The van der Waals surface area contributed by atoms with Crippen LogP contribution in [0.5, 0.6) is 0 Å². The molecule has 2 aromatic rings. The van der Waals surface area contributed by atoms with Crippen LogP contribution in [0.25, 0.3) is 0 Å². The van der Waals surface area contributed by atoms with Gasteiger partial charge in [-0.1, -0.05) is 65.2 Å². The number of amides is 2. The lowest BCUT2D eigenvalue weighted by Gasteiger charge is -2.30. The van der Waals surface area contributed by atoms with Gasteiger partial charge in [-0.3, -0.25) is 14.5 Å². The predicted octanol–water partition coefficient (Wildman–Crippen LogP) is 5.11. The zero-order chi connectivity index (χ0) is 24.3. The highest BCUT2D eigenvalue weighted by atomic mass is 79.9. The Morgan fingerprint density at radius 2 is 1.79 bits per heavy atom. The number of amidine groups is 1. The summed E-state index contributed by atoms with van der Waals surface area (Å²) in [6.45, 7) is 1.90. The number of rotatable bonds is 6. The van der Waals surface area contributed by atoms with Crippen LogP contribution in [0.15, 0.2) is 62.3 Å². The van der Waals surface area contributed by atoms with Crippen LogP contribution in [-0.4, -0.2) is 41.6 Å². The van der Waals surface area contributed by atoms with Gasteiger partial charge in [0.25, 0.3) is 10.0 Å². The van der Waals surface area contributed by atoms with Gasteiger partial charge < -0.3 is 5.32 Å². The second-order valence-corrected chi connectivity index (χ2v) is 12.2. The van der Waals surface area contributed by atoms with Gasteiger partial charge in [-0.15, -0.1) is 4.40 Å². The fraction of sp³-hybridized carbons (Fsp3) is 0.375. The molecule has 1 aliphatic heterocycles. The van der Waals surface area contributed by atoms with E-state index in [1.807, 2.05) is 31.2 Å². The van der Waals surface area contributed by atoms with Crippen molar-refractivity contribution in [2.45, 2.75) is 61.6 Å². The highest BCUT2D eigenvalue weighted by molar-refractivity contribution is 9.10. The molecule has 34 heavy (non-hydrogen) atoms. The first kappa shape index (κ1) is 24.9. The zero-order valence-electron chi connectivity index (χ0n) is 18.7. The molecule has 2 aliphatic rings. The average molecular weight is 565 g/mol. The summed E-state index contributed by atoms with van der Waals surface area (Å²) in [5, 5.41) is 2.30. The number of carbonyl (C=O) groups is 2. The maximum absolute atomic E-state index is 13.4. The molecule has 10 heteroatoms. The highest BCUT2D eigenvalue weighted by Crippen LogP contribution is 2.36. The van der Waals surface area contributed by atoms with E-state index in [1.165, 1.54) is 17.0 Å². The van der Waals surface area contributed by atoms with Crippen molar-refractivity contribution >= 4 is 60.4 Å². The number of halogens is 1. The lowest BCUT2D eigenvalue weighted by atomic mass is 9.94. The molecule has 1 saturated carbocycles. The maximum atomic E-state index is 13.4. The van der Waals surface area contributed by atoms with Gasteiger partial charge in [0.1, 0.15) is 5.25 Å². The molecule has 2 aromatic carbocycles. The van der Waals surface area contributed by atoms with Crippen LogP contribution in [0.1, 0.15) is 44.1 Å². The lowest BCUT2D eigenvalue weighted by Crippen LogP contribution is -2.42. The summed E-state index contributed by atoms with van der Waals surface area (Å²) >= 11 is 4.37. The molecule has 1 aliphatic carbocycles. The summed E-state index contributed by atoms with van der Waals surface area (Å²) < 4.78 is 30.9. The third-order valence-electron chi connectivity index (χ3n) is 6.01. The first-order chi connectivity index (χ1) is 16.2. The molecule has 1 saturated heterocycles. The van der Waals surface area contributed by atoms with Gasteiger partial charge in [0.15, 0.2) is 5.17 Å². The van der Waals surface area contributed by atoms with Crippen molar-refractivity contribution in [2.24, 2.45) is 4.40 Å². The quantitative estimate of drug-likeness (QED) is 0.527. The largest absolute Gasteiger partial charge is 0.326 e. The molecule has 2 fully saturated rings. The normalized spacial score (nSPS) is 20.6. The van der Waals surface area contributed by atoms with Gasteiger partial charge >= 0.3 is 0 Å². The number of carbonyl (C=O) groups excluding carboxylic acids is 2. The Hall–Kier alpha value is -2.17. The number of nitrogens with one attached hydrogen (secondary N) is 1. The lowest BCUT2D eigenvalue weighted by molar-refractivity contribution is -0.130. The van der Waals surface area contributed by atoms with Crippen LogP contribution >= 0.6 is 27.7 Å². The fourth-order valence-corrected chi connectivity index (χ4v) is 6.86. The topological polar surface area (TPSA) is 95.9 Å². The molecule has 1 heterocycles. The second-order valence-electron chi connectivity index (χ2n) is 8.48. The Bertz CT molecular complexity index is 1210. The fourth-order valence-electron chi connectivity index (χ4n) is 4.20. The van der Waals surface area contributed by atoms with Gasteiger partial charge in [-0.25, -0.2) is 0 Å². The second kappa shape index (κ2) is 10.6. The van der Waals surface area contributed by atoms with E-state index in [1.54, 1.807) is 12.1 Å². The number of anilines is 1. The zero-order valence-corrected chi connectivity index (χ0v) is 22.0. The molecular formula is C24H26BrN3O4S2. The number of aryl methyl sites for hydroxylation is 1. The van der Waals surface area contributed by atoms with Crippen molar-refractivity contribution in [3.8, 4) is 0 Å². The number of hydrogen-bond acceptors (Lipinski definition) is 5. The Morgan fingerprint density at radius 3 is 2.47 bits per heavy atom. The highest BCUT2D eigenvalue weighted by Gasteiger charge is 2.43. The van der Waals surface area contributed by atoms with E-state index in [4.69, 9.17) is 0 Å². The van der Waals surface area contributed by atoms with E-state index in [0.29, 0.717) is 5.69 Å². The van der Waals surface area contributed by atoms with Crippen molar-refractivity contribution in [3.63, 3.8) is 0 Å². The average Bonchev–Trinajstić information content (AvgIpc) is 3.10. The third-order valence-corrected chi connectivity index (χ3v) is 9.08. The number of thioether (sulfide) groups is 1. The van der Waals surface area contributed by atoms with Crippen molar-refractivity contribution in [3.05, 3.63) is 58.6 Å². The Balaban J connectivity index is 1.58. The van der Waals surface area contributed by atoms with Crippen LogP contribution in [-0.2, 0) is 19.6 Å². The molecule has 0 radical (unpaired) electrons. The molecular weight excluding hydrogens is 538 g/mol. The van der Waals surface area contributed by atoms with Crippen LogP contribution in [0.2, 0.25) is 0 Å². The molecule has 4 rings (SSSR count). The minimum absolute atomic E-state index is 0.0561. The molecule has 1 atom stereocenters. The summed E-state index contributed by atoms with van der Waals surface area (Å²) in [6, 6.07) is 13.5. The smallest absolute Gasteiger partial charge is 0.284 e. The van der Waals surface area contributed by atoms with E-state index in [0.717, 1.165) is 53.9 Å². The molecule has 0 spiro atoms. The first-order valence-electron chi connectivity index (χ1n) is 11.2. The number of benzene rings is 2. The molecule has 1 unspecified atom stereocenters. The third kappa shape index (κ3) is 5.72. The van der Waals surface area contributed by atoms with Gasteiger partial charge in [-0.05, 0) is 55.7 Å². The maximum Gasteiger partial charge on any atom is 0.284 e. The van der Waals surface area contributed by atoms with Crippen molar-refractivity contribution in [1.82, 2.24) is 4.90 Å². The Morgan fingerprint density at radius 1 is 1.12 bits per heavy atom. The SMILES string of the molecule is Cc1ccccc1NC(=O)CC1S/C(=N/S(=O)(=O)c2ccc(Br)cc2)N(C2CCCCC2)C1=O. The summed E-state index contributed by atoms with van der Waals surface area (Å²) in [5.41, 5.74) is 1.62. The van der Waals surface area contributed by atoms with E-state index < -0.39 is 15.3 Å². The van der Waals surface area contributed by atoms with Gasteiger partial charge in [0.2, 0.25) is 11.8 Å². The number of hydrogen-bond donors (Lipinski definition) is 1. The molecule has 180 valence electrons. The summed E-state index contributed by atoms with van der Waals surface area (Å²) in [5.74, 6) is -0.539. The minimum Gasteiger partial charge on any atom is -0.326 e. The van der Waals surface area contributed by atoms with E-state index in [-0.39, 0.29) is 34.3 Å². The van der Waals surface area contributed by atoms with Crippen molar-refractivity contribution < 1.29 is 18.0 Å². The van der Waals surface area contributed by atoms with E-state index in [2.05, 4.69) is 25.6 Å². The molecule has 1 N–H and O–H groups in total. The standard InChI is InChI=1S/C24H26BrN3O4S2/c1-16-7-5-6-10-20(16)26-22(29)15-21-23(30)28(18-8-3-2-4-9-18)24(33-21)27-34(31,32)19-13-11-17(25)12-14-19/h5-7,10-14,18,21H,2-4,8-9,15H2,1H3,(H,26,29)/b27-24+. The Kier molecular flexibility index (Phi) is 7.79. The van der Waals surface area contributed by atoms with Crippen molar-refractivity contribution in [1.29, 1.82) is 0 Å². The Labute approximate surface area is 212 Å². The number of nitrogens with zero attached hydrogens (tertiary/aromatic N) is 2. The molecule has 0 bridgehead atoms. The number of para-hydroxylation sites is 1. The summed E-state index contributed by atoms with van der Waals surface area (Å²) in [7, 11) is -4.01. The monoisotopic (exact) mass is 563 g/mol. The van der Waals surface area contributed by atoms with Crippen LogP contribution in [0, 0.1) is 6.92 Å². The minimum atomic E-state index is -4.01. The van der Waals surface area contributed by atoms with Crippen LogP contribution < -0.4 is 5.32 Å². The predicted molar refractivity (Wildman–Crippen MR) is 138 cm³/mol.